The second-order valence-corrected chi connectivity index (χ2v) is 8.16. The van der Waals surface area contributed by atoms with E-state index in [0.717, 1.165) is 12.2 Å². The van der Waals surface area contributed by atoms with E-state index < -0.39 is 5.97 Å². The van der Waals surface area contributed by atoms with Crippen molar-refractivity contribution >= 4 is 29.3 Å². The summed E-state index contributed by atoms with van der Waals surface area (Å²) in [6.45, 7) is 8.68. The predicted molar refractivity (Wildman–Crippen MR) is 132 cm³/mol. The molecule has 2 aromatic carbocycles. The van der Waals surface area contributed by atoms with Crippen LogP contribution < -0.4 is 10.1 Å². The van der Waals surface area contributed by atoms with Gasteiger partial charge in [0.2, 0.25) is 5.91 Å². The Morgan fingerprint density at radius 2 is 1.94 bits per heavy atom. The number of thioether (sulfide) groups is 1. The van der Waals surface area contributed by atoms with Crippen LogP contribution in [0.5, 0.6) is 5.75 Å². The van der Waals surface area contributed by atoms with Gasteiger partial charge in [0.15, 0.2) is 11.0 Å². The van der Waals surface area contributed by atoms with Gasteiger partial charge in [-0.2, -0.15) is 0 Å². The van der Waals surface area contributed by atoms with E-state index in [4.69, 9.17) is 9.47 Å². The monoisotopic (exact) mass is 480 g/mol. The van der Waals surface area contributed by atoms with E-state index in [1.54, 1.807) is 37.3 Å². The summed E-state index contributed by atoms with van der Waals surface area (Å²) >= 11 is 1.26. The van der Waals surface area contributed by atoms with Crippen molar-refractivity contribution in [1.82, 2.24) is 14.8 Å². The number of rotatable bonds is 12. The molecule has 178 valence electrons. The first-order chi connectivity index (χ1) is 16.5. The zero-order chi connectivity index (χ0) is 24.3. The maximum absolute atomic E-state index is 12.5. The lowest BCUT2D eigenvalue weighted by Crippen LogP contribution is -2.15. The molecule has 0 saturated heterocycles. The van der Waals surface area contributed by atoms with E-state index in [2.05, 4.69) is 29.0 Å². The number of anilines is 1. The van der Waals surface area contributed by atoms with Gasteiger partial charge in [-0.3, -0.25) is 9.36 Å². The molecule has 0 bridgehead atoms. The molecule has 1 amide bonds. The highest BCUT2D eigenvalue weighted by Gasteiger charge is 2.15. The minimum absolute atomic E-state index is 0.123. The Bertz CT molecular complexity index is 1130. The van der Waals surface area contributed by atoms with Gasteiger partial charge in [0.1, 0.15) is 12.4 Å². The number of carbonyl (C=O) groups excluding carboxylic acids is 2. The second-order valence-electron chi connectivity index (χ2n) is 7.22. The van der Waals surface area contributed by atoms with Gasteiger partial charge in [-0.15, -0.1) is 16.8 Å². The molecule has 3 aromatic rings. The van der Waals surface area contributed by atoms with Crippen LogP contribution in [0.3, 0.4) is 0 Å². The molecule has 1 heterocycles. The number of carbonyl (C=O) groups is 2. The Labute approximate surface area is 203 Å². The maximum atomic E-state index is 12.5. The van der Waals surface area contributed by atoms with Crippen molar-refractivity contribution in [3.05, 3.63) is 78.1 Å². The molecule has 1 aromatic heterocycles. The van der Waals surface area contributed by atoms with Gasteiger partial charge in [0.25, 0.3) is 0 Å². The molecule has 0 spiro atoms. The summed E-state index contributed by atoms with van der Waals surface area (Å²) in [6, 6.07) is 14.6. The van der Waals surface area contributed by atoms with Gasteiger partial charge in [-0.05, 0) is 49.2 Å². The first kappa shape index (κ1) is 25.0. The van der Waals surface area contributed by atoms with Crippen LogP contribution in [0.4, 0.5) is 5.69 Å². The third-order valence-corrected chi connectivity index (χ3v) is 5.76. The largest absolute Gasteiger partial charge is 0.486 e. The molecule has 0 fully saturated rings. The summed E-state index contributed by atoms with van der Waals surface area (Å²) in [5.41, 5.74) is 2.14. The molecule has 0 aliphatic heterocycles. The Morgan fingerprint density at radius 1 is 1.15 bits per heavy atom. The Balaban J connectivity index is 1.59. The van der Waals surface area contributed by atoms with Crippen LogP contribution >= 0.6 is 11.8 Å². The van der Waals surface area contributed by atoms with Crippen molar-refractivity contribution in [2.24, 2.45) is 0 Å². The van der Waals surface area contributed by atoms with Crippen molar-refractivity contribution in [1.29, 1.82) is 0 Å². The van der Waals surface area contributed by atoms with Crippen LogP contribution in [-0.2, 0) is 29.1 Å². The molecule has 3 rings (SSSR count). The van der Waals surface area contributed by atoms with Crippen molar-refractivity contribution in [2.45, 2.75) is 38.6 Å². The number of amides is 1. The highest BCUT2D eigenvalue weighted by molar-refractivity contribution is 7.99. The van der Waals surface area contributed by atoms with Crippen LogP contribution in [-0.4, -0.2) is 39.0 Å². The van der Waals surface area contributed by atoms with Crippen molar-refractivity contribution in [3.8, 4) is 5.75 Å². The fourth-order valence-electron chi connectivity index (χ4n) is 3.08. The first-order valence-corrected chi connectivity index (χ1v) is 12.0. The molecule has 0 aliphatic rings. The zero-order valence-electron chi connectivity index (χ0n) is 19.3. The number of nitrogens with one attached hydrogen (secondary N) is 1. The summed E-state index contributed by atoms with van der Waals surface area (Å²) < 4.78 is 12.7. The zero-order valence-corrected chi connectivity index (χ0v) is 20.1. The molecular formula is C25H28N4O4S. The van der Waals surface area contributed by atoms with E-state index in [1.165, 1.54) is 17.3 Å². The van der Waals surface area contributed by atoms with Gasteiger partial charge in [-0.25, -0.2) is 4.79 Å². The molecule has 0 aliphatic carbocycles. The molecule has 0 atom stereocenters. The van der Waals surface area contributed by atoms with E-state index in [1.807, 2.05) is 28.8 Å². The van der Waals surface area contributed by atoms with E-state index >= 15 is 0 Å². The van der Waals surface area contributed by atoms with Crippen LogP contribution in [0.15, 0.2) is 66.3 Å². The average Bonchev–Trinajstić information content (AvgIpc) is 3.23. The van der Waals surface area contributed by atoms with Crippen molar-refractivity contribution in [2.75, 3.05) is 17.7 Å². The minimum atomic E-state index is -0.429. The van der Waals surface area contributed by atoms with Gasteiger partial charge < -0.3 is 14.8 Å². The number of ether oxygens (including phenoxy) is 2. The standard InChI is InChI=1S/C25H28N4O4S/c1-4-14-29-22(16-33-21-12-10-18(5-2)11-13-21)27-28-25(29)34-17-23(30)26-20-9-7-8-19(15-20)24(31)32-6-3/h4,7-13,15H,1,5-6,14,16-17H2,2-3H3,(H,26,30). The van der Waals surface area contributed by atoms with Crippen LogP contribution in [0.25, 0.3) is 0 Å². The summed E-state index contributed by atoms with van der Waals surface area (Å²) in [5, 5.41) is 11.8. The minimum Gasteiger partial charge on any atom is -0.486 e. The SMILES string of the molecule is C=CCn1c(COc2ccc(CC)cc2)nnc1SCC(=O)Nc1cccc(C(=O)OCC)c1. The van der Waals surface area contributed by atoms with Crippen LogP contribution in [0.1, 0.15) is 35.6 Å². The summed E-state index contributed by atoms with van der Waals surface area (Å²) in [7, 11) is 0. The summed E-state index contributed by atoms with van der Waals surface area (Å²) in [6.07, 6.45) is 2.72. The summed E-state index contributed by atoms with van der Waals surface area (Å²) in [5.74, 6) is 0.862. The maximum Gasteiger partial charge on any atom is 0.338 e. The number of nitrogens with zero attached hydrogens (tertiary/aromatic N) is 3. The molecular weight excluding hydrogens is 452 g/mol. The average molecular weight is 481 g/mol. The van der Waals surface area contributed by atoms with Crippen LogP contribution in [0, 0.1) is 0 Å². The molecule has 0 saturated carbocycles. The first-order valence-electron chi connectivity index (χ1n) is 11.0. The topological polar surface area (TPSA) is 95.3 Å². The fraction of sp³-hybridized carbons (Fsp3) is 0.280. The number of hydrogen-bond acceptors (Lipinski definition) is 7. The number of aromatic nitrogens is 3. The number of esters is 1. The number of allylic oxidation sites excluding steroid dienone is 1. The quantitative estimate of drug-likeness (QED) is 0.231. The third kappa shape index (κ3) is 6.95. The smallest absolute Gasteiger partial charge is 0.338 e. The van der Waals surface area contributed by atoms with Crippen LogP contribution in [0.2, 0.25) is 0 Å². The Hall–Kier alpha value is -3.59. The van der Waals surface area contributed by atoms with E-state index in [0.29, 0.717) is 28.8 Å². The van der Waals surface area contributed by atoms with Gasteiger partial charge in [0.05, 0.1) is 17.9 Å². The number of aryl methyl sites for hydroxylation is 1. The molecule has 34 heavy (non-hydrogen) atoms. The van der Waals surface area contributed by atoms with Crippen molar-refractivity contribution < 1.29 is 19.1 Å². The lowest BCUT2D eigenvalue weighted by molar-refractivity contribution is -0.113. The highest BCUT2D eigenvalue weighted by atomic mass is 32.2. The normalized spacial score (nSPS) is 10.5. The third-order valence-electron chi connectivity index (χ3n) is 4.79. The molecule has 0 unspecified atom stereocenters. The highest BCUT2D eigenvalue weighted by Crippen LogP contribution is 2.20. The lowest BCUT2D eigenvalue weighted by atomic mass is 10.2. The summed E-state index contributed by atoms with van der Waals surface area (Å²) in [4.78, 5) is 24.4. The molecule has 1 N–H and O–H groups in total. The predicted octanol–water partition coefficient (Wildman–Crippen LogP) is 4.51. The molecule has 9 heteroatoms. The number of benzene rings is 2. The Kier molecular flexibility index (Phi) is 9.28. The Morgan fingerprint density at radius 3 is 2.65 bits per heavy atom. The lowest BCUT2D eigenvalue weighted by Gasteiger charge is -2.10. The van der Waals surface area contributed by atoms with E-state index in [9.17, 15) is 9.59 Å². The van der Waals surface area contributed by atoms with Gasteiger partial charge >= 0.3 is 5.97 Å². The van der Waals surface area contributed by atoms with E-state index in [-0.39, 0.29) is 24.9 Å². The molecule has 0 radical (unpaired) electrons. The number of hydrogen-bond donors (Lipinski definition) is 1. The second kappa shape index (κ2) is 12.6. The van der Waals surface area contributed by atoms with Gasteiger partial charge in [0, 0.05) is 12.2 Å². The molecule has 8 nitrogen and oxygen atoms in total. The van der Waals surface area contributed by atoms with Crippen molar-refractivity contribution in [3.63, 3.8) is 0 Å². The fourth-order valence-corrected chi connectivity index (χ4v) is 3.85. The van der Waals surface area contributed by atoms with Gasteiger partial charge in [-0.1, -0.05) is 43.0 Å².